The summed E-state index contributed by atoms with van der Waals surface area (Å²) in [5.41, 5.74) is 0.852. The molecule has 0 bridgehead atoms. The number of ether oxygens (including phenoxy) is 2. The van der Waals surface area contributed by atoms with E-state index in [1.165, 1.54) is 0 Å². The van der Waals surface area contributed by atoms with E-state index in [4.69, 9.17) is 9.47 Å². The van der Waals surface area contributed by atoms with Gasteiger partial charge >= 0.3 is 0 Å². The Kier molecular flexibility index (Phi) is 4.73. The largest absolute Gasteiger partial charge is 0.497 e. The van der Waals surface area contributed by atoms with Gasteiger partial charge in [-0.15, -0.1) is 0 Å². The van der Waals surface area contributed by atoms with Crippen LogP contribution in [-0.2, 0) is 0 Å². The van der Waals surface area contributed by atoms with Crippen LogP contribution < -0.4 is 15.0 Å². The van der Waals surface area contributed by atoms with Gasteiger partial charge in [-0.2, -0.15) is 5.10 Å². The van der Waals surface area contributed by atoms with Gasteiger partial charge in [0, 0.05) is 17.5 Å². The number of nitrogens with zero attached hydrogens (tertiary/aromatic N) is 2. The highest BCUT2D eigenvalue weighted by Gasteiger charge is 2.34. The molecule has 144 valence electrons. The van der Waals surface area contributed by atoms with E-state index >= 15 is 0 Å². The Balaban J connectivity index is 1.77. The van der Waals surface area contributed by atoms with Crippen LogP contribution in [0.4, 0.5) is 0 Å². The van der Waals surface area contributed by atoms with Gasteiger partial charge in [0.25, 0.3) is 11.5 Å². The van der Waals surface area contributed by atoms with Crippen LogP contribution in [-0.4, -0.2) is 41.8 Å². The monoisotopic (exact) mass is 379 g/mol. The maximum absolute atomic E-state index is 13.4. The lowest BCUT2D eigenvalue weighted by molar-refractivity contribution is 0.0729. The number of aromatic amines is 1. The molecule has 1 aromatic heterocycles. The Morgan fingerprint density at radius 1 is 1.14 bits per heavy atom. The van der Waals surface area contributed by atoms with Gasteiger partial charge in [0.2, 0.25) is 0 Å². The summed E-state index contributed by atoms with van der Waals surface area (Å²) in [6, 6.07) is 12.5. The summed E-state index contributed by atoms with van der Waals surface area (Å²) in [5, 5.41) is 7.52. The van der Waals surface area contributed by atoms with E-state index in [2.05, 4.69) is 10.2 Å². The quantitative estimate of drug-likeness (QED) is 0.753. The van der Waals surface area contributed by atoms with E-state index in [1.807, 2.05) is 18.2 Å². The Hall–Kier alpha value is -3.35. The number of carbonyl (C=O) groups excluding carboxylic acids is 1. The number of nitrogens with one attached hydrogen (secondary N) is 1. The fraction of sp³-hybridized carbons (Fsp3) is 0.286. The molecule has 1 amide bonds. The summed E-state index contributed by atoms with van der Waals surface area (Å²) in [5.74, 6) is 1.22. The molecule has 0 radical (unpaired) electrons. The van der Waals surface area contributed by atoms with Crippen LogP contribution in [0.3, 0.4) is 0 Å². The molecule has 3 aromatic rings. The van der Waals surface area contributed by atoms with Crippen molar-refractivity contribution in [3.63, 3.8) is 0 Å². The zero-order valence-corrected chi connectivity index (χ0v) is 15.8. The molecule has 4 rings (SSSR count). The van der Waals surface area contributed by atoms with Crippen LogP contribution in [0, 0.1) is 0 Å². The van der Waals surface area contributed by atoms with Crippen molar-refractivity contribution in [2.45, 2.75) is 18.9 Å². The number of fused-ring (bicyclic) bond motifs is 1. The summed E-state index contributed by atoms with van der Waals surface area (Å²) < 4.78 is 10.9. The second-order valence-corrected chi connectivity index (χ2v) is 6.71. The number of amides is 1. The standard InChI is InChI=1S/C21H21N3O4/c1-27-13-9-10-18(28-2)16(12-13)17-8-5-11-24(17)21(26)19-14-6-3-4-7-15(14)20(25)23-22-19/h3-4,6-7,9-10,12,17H,5,8,11H2,1-2H3,(H,23,25)/t17-/m0/s1. The van der Waals surface area contributed by atoms with Gasteiger partial charge in [0.15, 0.2) is 5.69 Å². The number of H-pyrrole nitrogens is 1. The molecule has 2 heterocycles. The zero-order valence-electron chi connectivity index (χ0n) is 15.8. The van der Waals surface area contributed by atoms with Crippen molar-refractivity contribution in [1.29, 1.82) is 0 Å². The van der Waals surface area contributed by atoms with Gasteiger partial charge in [-0.25, -0.2) is 5.10 Å². The van der Waals surface area contributed by atoms with Gasteiger partial charge in [-0.1, -0.05) is 18.2 Å². The highest BCUT2D eigenvalue weighted by molar-refractivity contribution is 6.05. The SMILES string of the molecule is COc1ccc(OC)c([C@@H]2CCCN2C(=O)c2n[nH]c(=O)c3ccccc23)c1. The Morgan fingerprint density at radius 2 is 1.93 bits per heavy atom. The molecule has 1 aliphatic rings. The normalized spacial score (nSPS) is 16.4. The molecule has 28 heavy (non-hydrogen) atoms. The maximum Gasteiger partial charge on any atom is 0.275 e. The van der Waals surface area contributed by atoms with E-state index in [0.29, 0.717) is 28.8 Å². The van der Waals surface area contributed by atoms with Gasteiger partial charge < -0.3 is 14.4 Å². The average molecular weight is 379 g/mol. The van der Waals surface area contributed by atoms with Crippen molar-refractivity contribution in [3.8, 4) is 11.5 Å². The second-order valence-electron chi connectivity index (χ2n) is 6.71. The van der Waals surface area contributed by atoms with E-state index in [-0.39, 0.29) is 23.2 Å². The van der Waals surface area contributed by atoms with Crippen molar-refractivity contribution in [3.05, 3.63) is 64.1 Å². The van der Waals surface area contributed by atoms with E-state index < -0.39 is 0 Å². The number of benzene rings is 2. The molecule has 1 aliphatic heterocycles. The number of methoxy groups -OCH3 is 2. The second kappa shape index (κ2) is 7.34. The molecule has 1 atom stereocenters. The minimum absolute atomic E-state index is 0.148. The molecular weight excluding hydrogens is 358 g/mol. The van der Waals surface area contributed by atoms with Crippen LogP contribution in [0.1, 0.15) is 34.9 Å². The first-order valence-electron chi connectivity index (χ1n) is 9.14. The topological polar surface area (TPSA) is 84.5 Å². The zero-order chi connectivity index (χ0) is 19.7. The highest BCUT2D eigenvalue weighted by atomic mass is 16.5. The smallest absolute Gasteiger partial charge is 0.275 e. The summed E-state index contributed by atoms with van der Waals surface area (Å²) in [6.45, 7) is 0.610. The molecule has 1 fully saturated rings. The van der Waals surface area contributed by atoms with Crippen molar-refractivity contribution in [2.75, 3.05) is 20.8 Å². The van der Waals surface area contributed by atoms with Crippen LogP contribution in [0.25, 0.3) is 10.8 Å². The van der Waals surface area contributed by atoms with Gasteiger partial charge in [-0.05, 0) is 37.1 Å². The number of rotatable bonds is 4. The fourth-order valence-electron chi connectivity index (χ4n) is 3.85. The average Bonchev–Trinajstić information content (AvgIpc) is 3.23. The van der Waals surface area contributed by atoms with Crippen LogP contribution >= 0.6 is 0 Å². The van der Waals surface area contributed by atoms with Crippen molar-refractivity contribution < 1.29 is 14.3 Å². The summed E-state index contributed by atoms with van der Waals surface area (Å²) >= 11 is 0. The third-order valence-electron chi connectivity index (χ3n) is 5.21. The molecule has 0 unspecified atom stereocenters. The molecule has 1 N–H and O–H groups in total. The number of likely N-dealkylation sites (tertiary alicyclic amines) is 1. The minimum Gasteiger partial charge on any atom is -0.497 e. The van der Waals surface area contributed by atoms with Crippen LogP contribution in [0.2, 0.25) is 0 Å². The Morgan fingerprint density at radius 3 is 2.68 bits per heavy atom. The summed E-state index contributed by atoms with van der Waals surface area (Å²) in [6.07, 6.45) is 1.69. The molecule has 7 nitrogen and oxygen atoms in total. The fourth-order valence-corrected chi connectivity index (χ4v) is 3.85. The van der Waals surface area contributed by atoms with Crippen molar-refractivity contribution in [1.82, 2.24) is 15.1 Å². The first-order valence-corrected chi connectivity index (χ1v) is 9.14. The lowest BCUT2D eigenvalue weighted by Crippen LogP contribution is -2.32. The minimum atomic E-state index is -0.306. The van der Waals surface area contributed by atoms with Gasteiger partial charge in [0.05, 0.1) is 25.6 Å². The highest BCUT2D eigenvalue weighted by Crippen LogP contribution is 2.39. The van der Waals surface area contributed by atoms with Crippen LogP contribution in [0.15, 0.2) is 47.3 Å². The number of hydrogen-bond donors (Lipinski definition) is 1. The number of aromatic nitrogens is 2. The third-order valence-corrected chi connectivity index (χ3v) is 5.21. The predicted molar refractivity (Wildman–Crippen MR) is 105 cm³/mol. The molecule has 0 spiro atoms. The van der Waals surface area contributed by atoms with E-state index in [9.17, 15) is 9.59 Å². The summed E-state index contributed by atoms with van der Waals surface area (Å²) in [7, 11) is 3.23. The molecule has 0 saturated carbocycles. The van der Waals surface area contributed by atoms with Crippen molar-refractivity contribution >= 4 is 16.7 Å². The van der Waals surface area contributed by atoms with Gasteiger partial charge in [-0.3, -0.25) is 9.59 Å². The molecule has 2 aromatic carbocycles. The van der Waals surface area contributed by atoms with E-state index in [0.717, 1.165) is 18.4 Å². The Labute approximate surface area is 161 Å². The first-order chi connectivity index (χ1) is 13.6. The maximum atomic E-state index is 13.4. The first kappa shape index (κ1) is 18.0. The molecule has 0 aliphatic carbocycles. The summed E-state index contributed by atoms with van der Waals surface area (Å²) in [4.78, 5) is 27.2. The number of carbonyl (C=O) groups is 1. The van der Waals surface area contributed by atoms with E-state index in [1.54, 1.807) is 43.4 Å². The van der Waals surface area contributed by atoms with Crippen LogP contribution in [0.5, 0.6) is 11.5 Å². The lowest BCUT2D eigenvalue weighted by Gasteiger charge is -2.26. The molecule has 1 saturated heterocycles. The lowest BCUT2D eigenvalue weighted by atomic mass is 10.0. The number of hydrogen-bond acceptors (Lipinski definition) is 5. The van der Waals surface area contributed by atoms with Crippen molar-refractivity contribution in [2.24, 2.45) is 0 Å². The molecular formula is C21H21N3O4. The third kappa shape index (κ3) is 2.98. The van der Waals surface area contributed by atoms with Gasteiger partial charge in [0.1, 0.15) is 11.5 Å². The molecule has 7 heteroatoms. The Bertz CT molecular complexity index is 1090. The predicted octanol–water partition coefficient (Wildman–Crippen LogP) is 2.92.